The number of fused-ring (bicyclic) bond motifs is 1. The SMILES string of the molecule is CN1C(=O)C2C(SCC(=O)Nc3cccc(F)c3)NC(c3ccc([N+](=O)[O-])cc3)NC2N(C)C1=O. The summed E-state index contributed by atoms with van der Waals surface area (Å²) in [6.45, 7) is 0. The molecule has 11 nitrogen and oxygen atoms in total. The molecule has 184 valence electrons. The van der Waals surface area contributed by atoms with E-state index in [2.05, 4.69) is 16.0 Å². The Labute approximate surface area is 204 Å². The highest BCUT2D eigenvalue weighted by Gasteiger charge is 2.51. The van der Waals surface area contributed by atoms with Crippen LogP contribution in [0.15, 0.2) is 48.5 Å². The summed E-state index contributed by atoms with van der Waals surface area (Å²) >= 11 is 1.18. The predicted molar refractivity (Wildman–Crippen MR) is 127 cm³/mol. The molecule has 4 rings (SSSR count). The molecule has 13 heteroatoms. The van der Waals surface area contributed by atoms with E-state index in [4.69, 9.17) is 0 Å². The Morgan fingerprint density at radius 3 is 2.54 bits per heavy atom. The average Bonchev–Trinajstić information content (AvgIpc) is 2.84. The predicted octanol–water partition coefficient (Wildman–Crippen LogP) is 2.09. The highest BCUT2D eigenvalue weighted by molar-refractivity contribution is 8.00. The summed E-state index contributed by atoms with van der Waals surface area (Å²) in [4.78, 5) is 51.1. The summed E-state index contributed by atoms with van der Waals surface area (Å²) in [5, 5.41) is 19.6. The zero-order valence-electron chi connectivity index (χ0n) is 18.8. The Bertz CT molecular complexity index is 1170. The van der Waals surface area contributed by atoms with Crippen molar-refractivity contribution in [3.05, 3.63) is 70.0 Å². The first kappa shape index (κ1) is 24.6. The maximum absolute atomic E-state index is 13.4. The van der Waals surface area contributed by atoms with Crippen LogP contribution in [0.1, 0.15) is 11.7 Å². The molecule has 2 aromatic carbocycles. The number of nitrogens with zero attached hydrogens (tertiary/aromatic N) is 3. The number of carbonyl (C=O) groups excluding carboxylic acids is 3. The van der Waals surface area contributed by atoms with E-state index < -0.39 is 46.3 Å². The van der Waals surface area contributed by atoms with Gasteiger partial charge in [-0.1, -0.05) is 6.07 Å². The van der Waals surface area contributed by atoms with Crippen LogP contribution in [0, 0.1) is 21.8 Å². The zero-order chi connectivity index (χ0) is 25.3. The van der Waals surface area contributed by atoms with Crippen LogP contribution in [-0.4, -0.2) is 64.0 Å². The van der Waals surface area contributed by atoms with Gasteiger partial charge in [0.2, 0.25) is 11.8 Å². The van der Waals surface area contributed by atoms with Gasteiger partial charge in [0.25, 0.3) is 5.69 Å². The largest absolute Gasteiger partial charge is 0.327 e. The molecule has 2 saturated heterocycles. The number of anilines is 1. The van der Waals surface area contributed by atoms with Crippen molar-refractivity contribution in [3.8, 4) is 0 Å². The van der Waals surface area contributed by atoms with Gasteiger partial charge < -0.3 is 10.2 Å². The number of halogens is 1. The van der Waals surface area contributed by atoms with E-state index >= 15 is 0 Å². The van der Waals surface area contributed by atoms with Crippen LogP contribution in [0.4, 0.5) is 20.6 Å². The summed E-state index contributed by atoms with van der Waals surface area (Å²) in [7, 11) is 2.98. The minimum Gasteiger partial charge on any atom is -0.325 e. The Morgan fingerprint density at radius 2 is 1.89 bits per heavy atom. The first-order valence-electron chi connectivity index (χ1n) is 10.6. The average molecular weight is 503 g/mol. The van der Waals surface area contributed by atoms with Gasteiger partial charge in [-0.2, -0.15) is 0 Å². The van der Waals surface area contributed by atoms with Crippen molar-refractivity contribution in [3.63, 3.8) is 0 Å². The molecule has 0 saturated carbocycles. The Balaban J connectivity index is 1.54. The van der Waals surface area contributed by atoms with Gasteiger partial charge in [0.15, 0.2) is 0 Å². The molecule has 2 aliphatic heterocycles. The zero-order valence-corrected chi connectivity index (χ0v) is 19.6. The molecule has 0 bridgehead atoms. The number of thioether (sulfide) groups is 1. The number of amides is 4. The van der Waals surface area contributed by atoms with E-state index in [-0.39, 0.29) is 17.3 Å². The monoisotopic (exact) mass is 502 g/mol. The van der Waals surface area contributed by atoms with Crippen LogP contribution in [0.25, 0.3) is 0 Å². The summed E-state index contributed by atoms with van der Waals surface area (Å²) < 4.78 is 13.4. The maximum Gasteiger partial charge on any atom is 0.327 e. The number of benzene rings is 2. The van der Waals surface area contributed by atoms with Crippen molar-refractivity contribution in [1.29, 1.82) is 0 Å². The fraction of sp³-hybridized carbons (Fsp3) is 0.318. The molecule has 2 fully saturated rings. The molecular formula is C22H23FN6O5S. The lowest BCUT2D eigenvalue weighted by Gasteiger charge is -2.50. The summed E-state index contributed by atoms with van der Waals surface area (Å²) in [6.07, 6.45) is -1.22. The first-order chi connectivity index (χ1) is 16.7. The fourth-order valence-corrected chi connectivity index (χ4v) is 5.22. The first-order valence-corrected chi connectivity index (χ1v) is 11.7. The Kier molecular flexibility index (Phi) is 7.00. The summed E-state index contributed by atoms with van der Waals surface area (Å²) in [5.74, 6) is -2.01. The molecule has 4 amide bonds. The standard InChI is InChI=1S/C22H23FN6O5S/c1-27-19-17(21(31)28(2)22(27)32)20(35-11-16(30)24-14-5-3-4-13(23)10-14)26-18(25-19)12-6-8-15(9-7-12)29(33)34/h3-10,17-20,25-26H,11H2,1-2H3,(H,24,30). The van der Waals surface area contributed by atoms with Crippen LogP contribution in [0.3, 0.4) is 0 Å². The molecule has 0 radical (unpaired) electrons. The van der Waals surface area contributed by atoms with E-state index in [0.717, 1.165) is 4.90 Å². The van der Waals surface area contributed by atoms with Gasteiger partial charge >= 0.3 is 6.03 Å². The molecule has 4 unspecified atom stereocenters. The van der Waals surface area contributed by atoms with Crippen LogP contribution in [0.5, 0.6) is 0 Å². The molecule has 2 heterocycles. The number of non-ortho nitro benzene ring substituents is 1. The summed E-state index contributed by atoms with van der Waals surface area (Å²) in [6, 6.07) is 10.9. The second kappa shape index (κ2) is 9.98. The number of nitro benzene ring substituents is 1. The third kappa shape index (κ3) is 5.11. The van der Waals surface area contributed by atoms with Crippen molar-refractivity contribution in [2.24, 2.45) is 5.92 Å². The third-order valence-corrected chi connectivity index (χ3v) is 7.11. The minimum atomic E-state index is -0.705. The van der Waals surface area contributed by atoms with Crippen molar-refractivity contribution in [2.75, 3.05) is 25.2 Å². The Morgan fingerprint density at radius 1 is 1.17 bits per heavy atom. The lowest BCUT2D eigenvalue weighted by Crippen LogP contribution is -2.72. The van der Waals surface area contributed by atoms with Gasteiger partial charge in [-0.15, -0.1) is 11.8 Å². The highest BCUT2D eigenvalue weighted by atomic mass is 32.2. The number of rotatable bonds is 6. The van der Waals surface area contributed by atoms with Crippen LogP contribution < -0.4 is 16.0 Å². The van der Waals surface area contributed by atoms with Crippen molar-refractivity contribution >= 4 is 41.0 Å². The van der Waals surface area contributed by atoms with Gasteiger partial charge in [0.05, 0.1) is 34.3 Å². The number of hydrogen-bond acceptors (Lipinski definition) is 8. The molecule has 35 heavy (non-hydrogen) atoms. The van der Waals surface area contributed by atoms with E-state index in [0.29, 0.717) is 11.3 Å². The van der Waals surface area contributed by atoms with Crippen LogP contribution >= 0.6 is 11.8 Å². The fourth-order valence-electron chi connectivity index (χ4n) is 4.11. The minimum absolute atomic E-state index is 0.0426. The molecule has 3 N–H and O–H groups in total. The number of hydrogen-bond donors (Lipinski definition) is 3. The maximum atomic E-state index is 13.4. The normalized spacial score (nSPS) is 24.2. The summed E-state index contributed by atoms with van der Waals surface area (Å²) in [5.41, 5.74) is 0.912. The number of urea groups is 1. The van der Waals surface area contributed by atoms with Crippen LogP contribution in [-0.2, 0) is 9.59 Å². The van der Waals surface area contributed by atoms with E-state index in [9.17, 15) is 28.9 Å². The van der Waals surface area contributed by atoms with Gasteiger partial charge in [-0.05, 0) is 35.9 Å². The second-order valence-corrected chi connectivity index (χ2v) is 9.30. The van der Waals surface area contributed by atoms with E-state index in [1.165, 1.54) is 54.0 Å². The van der Waals surface area contributed by atoms with Crippen molar-refractivity contribution < 1.29 is 23.7 Å². The number of carbonyl (C=O) groups is 3. The number of nitro groups is 1. The number of imide groups is 1. The third-order valence-electron chi connectivity index (χ3n) is 5.90. The smallest absolute Gasteiger partial charge is 0.325 e. The molecule has 2 aromatic rings. The lowest BCUT2D eigenvalue weighted by molar-refractivity contribution is -0.384. The molecule has 0 spiro atoms. The van der Waals surface area contributed by atoms with Gasteiger partial charge in [-0.3, -0.25) is 35.2 Å². The van der Waals surface area contributed by atoms with E-state index in [1.54, 1.807) is 25.2 Å². The number of nitrogens with one attached hydrogen (secondary N) is 3. The molecule has 2 aliphatic rings. The Hall–Kier alpha value is -3.55. The molecule has 0 aliphatic carbocycles. The second-order valence-electron chi connectivity index (χ2n) is 8.17. The van der Waals surface area contributed by atoms with Crippen molar-refractivity contribution in [1.82, 2.24) is 20.4 Å². The van der Waals surface area contributed by atoms with Gasteiger partial charge in [-0.25, -0.2) is 9.18 Å². The molecule has 4 atom stereocenters. The quantitative estimate of drug-likeness (QED) is 0.404. The topological polar surface area (TPSA) is 137 Å². The lowest BCUT2D eigenvalue weighted by atomic mass is 9.96. The van der Waals surface area contributed by atoms with E-state index in [1.807, 2.05) is 0 Å². The van der Waals surface area contributed by atoms with Gasteiger partial charge in [0, 0.05) is 31.9 Å². The highest BCUT2D eigenvalue weighted by Crippen LogP contribution is 2.34. The van der Waals surface area contributed by atoms with Gasteiger partial charge in [0.1, 0.15) is 5.82 Å². The van der Waals surface area contributed by atoms with Crippen molar-refractivity contribution in [2.45, 2.75) is 17.7 Å². The van der Waals surface area contributed by atoms with Crippen LogP contribution in [0.2, 0.25) is 0 Å². The molecular weight excluding hydrogens is 479 g/mol. The molecule has 0 aromatic heterocycles.